The summed E-state index contributed by atoms with van der Waals surface area (Å²) in [6.07, 6.45) is 1.31. The van der Waals surface area contributed by atoms with Crippen LogP contribution in [0, 0.1) is 0 Å². The fourth-order valence-electron chi connectivity index (χ4n) is 2.36. The van der Waals surface area contributed by atoms with Crippen LogP contribution in [0.2, 0.25) is 0 Å². The van der Waals surface area contributed by atoms with Crippen molar-refractivity contribution in [2.45, 2.75) is 6.10 Å². The smallest absolute Gasteiger partial charge is 0.274 e. The molecule has 22 heavy (non-hydrogen) atoms. The molecule has 114 valence electrons. The third-order valence-corrected chi connectivity index (χ3v) is 3.50. The molecule has 1 amide bonds. The van der Waals surface area contributed by atoms with Crippen LogP contribution < -0.4 is 5.32 Å². The molecule has 0 radical (unpaired) electrons. The lowest BCUT2D eigenvalue weighted by Crippen LogP contribution is -2.42. The van der Waals surface area contributed by atoms with E-state index in [0.29, 0.717) is 25.4 Å². The molecule has 1 saturated heterocycles. The molecule has 1 aliphatic rings. The number of anilines is 1. The van der Waals surface area contributed by atoms with Crippen molar-refractivity contribution in [3.63, 3.8) is 0 Å². The number of ether oxygens (including phenoxy) is 1. The van der Waals surface area contributed by atoms with Gasteiger partial charge >= 0.3 is 0 Å². The number of hydrogen-bond donors (Lipinski definition) is 1. The van der Waals surface area contributed by atoms with Crippen molar-refractivity contribution in [2.75, 3.05) is 32.1 Å². The van der Waals surface area contributed by atoms with Crippen molar-refractivity contribution in [3.05, 3.63) is 47.9 Å². The second kappa shape index (κ2) is 6.48. The highest BCUT2D eigenvalue weighted by atomic mass is 16.5. The van der Waals surface area contributed by atoms with E-state index in [2.05, 4.69) is 20.5 Å². The summed E-state index contributed by atoms with van der Waals surface area (Å²) >= 11 is 0. The van der Waals surface area contributed by atoms with Crippen LogP contribution in [-0.4, -0.2) is 52.7 Å². The van der Waals surface area contributed by atoms with E-state index >= 15 is 0 Å². The summed E-state index contributed by atoms with van der Waals surface area (Å²) in [5.41, 5.74) is 1.16. The van der Waals surface area contributed by atoms with Crippen molar-refractivity contribution in [3.8, 4) is 0 Å². The lowest BCUT2D eigenvalue weighted by atomic mass is 10.1. The normalized spacial score (nSPS) is 18.0. The summed E-state index contributed by atoms with van der Waals surface area (Å²) in [7, 11) is 1.82. The number of carbonyl (C=O) groups is 1. The zero-order chi connectivity index (χ0) is 15.4. The van der Waals surface area contributed by atoms with Gasteiger partial charge in [-0.1, -0.05) is 6.07 Å². The van der Waals surface area contributed by atoms with Gasteiger partial charge in [0, 0.05) is 19.8 Å². The topological polar surface area (TPSA) is 80.2 Å². The molecule has 2 aromatic rings. The Kier molecular flexibility index (Phi) is 4.24. The van der Waals surface area contributed by atoms with Gasteiger partial charge in [0.05, 0.1) is 18.8 Å². The monoisotopic (exact) mass is 299 g/mol. The van der Waals surface area contributed by atoms with Gasteiger partial charge in [-0.05, 0) is 24.3 Å². The number of nitrogens with zero attached hydrogens (tertiary/aromatic N) is 4. The van der Waals surface area contributed by atoms with E-state index in [0.717, 1.165) is 11.5 Å². The van der Waals surface area contributed by atoms with Crippen LogP contribution in [-0.2, 0) is 4.74 Å². The molecule has 1 fully saturated rings. The van der Waals surface area contributed by atoms with Gasteiger partial charge in [-0.3, -0.25) is 4.79 Å². The molecule has 0 aliphatic carbocycles. The zero-order valence-electron chi connectivity index (χ0n) is 12.3. The van der Waals surface area contributed by atoms with Crippen LogP contribution in [0.15, 0.2) is 36.5 Å². The number of rotatable bonds is 3. The lowest BCUT2D eigenvalue weighted by Gasteiger charge is -2.32. The minimum atomic E-state index is -0.234. The molecule has 0 bridgehead atoms. The molecule has 1 unspecified atom stereocenters. The summed E-state index contributed by atoms with van der Waals surface area (Å²) in [6, 6.07) is 9.08. The number of amides is 1. The molecule has 3 rings (SSSR count). The zero-order valence-corrected chi connectivity index (χ0v) is 12.3. The van der Waals surface area contributed by atoms with Crippen molar-refractivity contribution < 1.29 is 9.53 Å². The summed E-state index contributed by atoms with van der Waals surface area (Å²) in [4.78, 5) is 18.6. The Bertz CT molecular complexity index is 649. The summed E-state index contributed by atoms with van der Waals surface area (Å²) < 4.78 is 5.76. The molecule has 0 spiro atoms. The SMILES string of the molecule is CNc1cccc(C2CN(C(=O)c3cccnn3)CCO2)n1. The quantitative estimate of drug-likeness (QED) is 0.915. The van der Waals surface area contributed by atoms with Crippen molar-refractivity contribution in [2.24, 2.45) is 0 Å². The highest BCUT2D eigenvalue weighted by molar-refractivity contribution is 5.92. The molecule has 1 N–H and O–H groups in total. The van der Waals surface area contributed by atoms with Gasteiger partial charge < -0.3 is 15.0 Å². The Balaban J connectivity index is 1.75. The first kappa shape index (κ1) is 14.4. The first-order valence-electron chi connectivity index (χ1n) is 7.11. The first-order chi connectivity index (χ1) is 10.8. The van der Waals surface area contributed by atoms with E-state index in [9.17, 15) is 4.79 Å². The predicted molar refractivity (Wildman–Crippen MR) is 80.4 cm³/mol. The first-order valence-corrected chi connectivity index (χ1v) is 7.11. The Labute approximate surface area is 128 Å². The van der Waals surface area contributed by atoms with E-state index in [4.69, 9.17) is 4.74 Å². The number of carbonyl (C=O) groups excluding carboxylic acids is 1. The molecule has 1 atom stereocenters. The standard InChI is InChI=1S/C15H17N5O2/c1-16-14-6-2-4-11(18-14)13-10-20(8-9-22-13)15(21)12-5-3-7-17-19-12/h2-7,13H,8-10H2,1H3,(H,16,18). The Morgan fingerprint density at radius 2 is 2.27 bits per heavy atom. The maximum atomic E-state index is 12.4. The van der Waals surface area contributed by atoms with Gasteiger partial charge in [0.2, 0.25) is 0 Å². The fourth-order valence-corrected chi connectivity index (χ4v) is 2.36. The third-order valence-electron chi connectivity index (χ3n) is 3.50. The van der Waals surface area contributed by atoms with Crippen LogP contribution in [0.4, 0.5) is 5.82 Å². The van der Waals surface area contributed by atoms with Gasteiger partial charge in [-0.15, -0.1) is 5.10 Å². The Hall–Kier alpha value is -2.54. The predicted octanol–water partition coefficient (Wildman–Crippen LogP) is 1.13. The molecule has 3 heterocycles. The summed E-state index contributed by atoms with van der Waals surface area (Å²) in [5, 5.41) is 10.6. The molecule has 0 saturated carbocycles. The van der Waals surface area contributed by atoms with E-state index < -0.39 is 0 Å². The fraction of sp³-hybridized carbons (Fsp3) is 0.333. The van der Waals surface area contributed by atoms with Crippen LogP contribution in [0.5, 0.6) is 0 Å². The van der Waals surface area contributed by atoms with E-state index in [-0.39, 0.29) is 12.0 Å². The second-order valence-corrected chi connectivity index (χ2v) is 4.92. The van der Waals surface area contributed by atoms with Gasteiger partial charge in [-0.25, -0.2) is 4.98 Å². The van der Waals surface area contributed by atoms with E-state index in [1.54, 1.807) is 23.2 Å². The molecule has 2 aromatic heterocycles. The second-order valence-electron chi connectivity index (χ2n) is 4.92. The number of morpholine rings is 1. The van der Waals surface area contributed by atoms with Crippen molar-refractivity contribution in [1.29, 1.82) is 0 Å². The minimum absolute atomic E-state index is 0.133. The molecular formula is C15H17N5O2. The molecule has 7 nitrogen and oxygen atoms in total. The average molecular weight is 299 g/mol. The van der Waals surface area contributed by atoms with Crippen LogP contribution >= 0.6 is 0 Å². The maximum Gasteiger partial charge on any atom is 0.274 e. The third kappa shape index (κ3) is 3.04. The van der Waals surface area contributed by atoms with Crippen LogP contribution in [0.1, 0.15) is 22.3 Å². The highest BCUT2D eigenvalue weighted by Crippen LogP contribution is 2.22. The highest BCUT2D eigenvalue weighted by Gasteiger charge is 2.27. The largest absolute Gasteiger partial charge is 0.373 e. The van der Waals surface area contributed by atoms with Gasteiger partial charge in [0.1, 0.15) is 11.9 Å². The summed E-state index contributed by atoms with van der Waals surface area (Å²) in [5.74, 6) is 0.643. The van der Waals surface area contributed by atoms with Crippen molar-refractivity contribution in [1.82, 2.24) is 20.1 Å². The number of nitrogens with one attached hydrogen (secondary N) is 1. The van der Waals surface area contributed by atoms with Gasteiger partial charge in [0.25, 0.3) is 5.91 Å². The van der Waals surface area contributed by atoms with E-state index in [1.807, 2.05) is 25.2 Å². The minimum Gasteiger partial charge on any atom is -0.373 e. The Morgan fingerprint density at radius 1 is 1.36 bits per heavy atom. The Morgan fingerprint density at radius 3 is 3.05 bits per heavy atom. The number of pyridine rings is 1. The maximum absolute atomic E-state index is 12.4. The van der Waals surface area contributed by atoms with Crippen LogP contribution in [0.25, 0.3) is 0 Å². The molecule has 0 aromatic carbocycles. The van der Waals surface area contributed by atoms with E-state index in [1.165, 1.54) is 0 Å². The lowest BCUT2D eigenvalue weighted by molar-refractivity contribution is -0.0248. The summed E-state index contributed by atoms with van der Waals surface area (Å²) in [6.45, 7) is 1.47. The van der Waals surface area contributed by atoms with Gasteiger partial charge in [0.15, 0.2) is 5.69 Å². The number of aromatic nitrogens is 3. The average Bonchev–Trinajstić information content (AvgIpc) is 2.62. The molecule has 1 aliphatic heterocycles. The van der Waals surface area contributed by atoms with Gasteiger partial charge in [-0.2, -0.15) is 5.10 Å². The number of hydrogen-bond acceptors (Lipinski definition) is 6. The van der Waals surface area contributed by atoms with Crippen molar-refractivity contribution >= 4 is 11.7 Å². The van der Waals surface area contributed by atoms with Crippen LogP contribution in [0.3, 0.4) is 0 Å². The molecular weight excluding hydrogens is 282 g/mol. The molecule has 7 heteroatoms.